The average Bonchev–Trinajstić information content (AvgIpc) is 2.28. The first-order valence-electron chi connectivity index (χ1n) is 5.51. The van der Waals surface area contributed by atoms with Gasteiger partial charge in [0.25, 0.3) is 0 Å². The number of halogens is 1. The monoisotopic (exact) mass is 273 g/mol. The van der Waals surface area contributed by atoms with Gasteiger partial charge in [0.1, 0.15) is 0 Å². The predicted molar refractivity (Wildman–Crippen MR) is 67.8 cm³/mol. The van der Waals surface area contributed by atoms with Crippen molar-refractivity contribution >= 4 is 23.5 Å². The molecule has 1 heterocycles. The molecule has 0 aromatic carbocycles. The molecule has 1 rings (SSSR count). The second kappa shape index (κ2) is 6.95. The zero-order valence-electron chi connectivity index (χ0n) is 10.6. The predicted octanol–water partition coefficient (Wildman–Crippen LogP) is 0.814. The summed E-state index contributed by atoms with van der Waals surface area (Å²) in [5.74, 6) is 0.317. The fraction of sp³-hybridized carbons (Fsp3) is 0.600. The molecule has 0 fully saturated rings. The van der Waals surface area contributed by atoms with Crippen LogP contribution in [0.5, 0.6) is 6.01 Å². The van der Waals surface area contributed by atoms with Crippen molar-refractivity contribution in [2.75, 3.05) is 32.6 Å². The summed E-state index contributed by atoms with van der Waals surface area (Å²) in [6.07, 6.45) is 0.347. The SMILES string of the molecule is CCOc1nc(Cl)nc(NCCC(=O)N(C)C)n1. The molecule has 0 saturated carbocycles. The summed E-state index contributed by atoms with van der Waals surface area (Å²) in [5.41, 5.74) is 0. The molecule has 0 bridgehead atoms. The number of aromatic nitrogens is 3. The van der Waals surface area contributed by atoms with Crippen LogP contribution in [0.1, 0.15) is 13.3 Å². The lowest BCUT2D eigenvalue weighted by Gasteiger charge is -2.10. The van der Waals surface area contributed by atoms with Crippen LogP contribution in [-0.4, -0.2) is 53.0 Å². The Balaban J connectivity index is 2.54. The second-order valence-corrected chi connectivity index (χ2v) is 3.95. The Hall–Kier alpha value is -1.63. The Morgan fingerprint density at radius 1 is 1.39 bits per heavy atom. The maximum atomic E-state index is 11.4. The van der Waals surface area contributed by atoms with E-state index < -0.39 is 0 Å². The minimum atomic E-state index is 0.0210. The van der Waals surface area contributed by atoms with Crippen LogP contribution in [0.15, 0.2) is 0 Å². The van der Waals surface area contributed by atoms with Crippen molar-refractivity contribution in [3.05, 3.63) is 5.28 Å². The number of carbonyl (C=O) groups is 1. The van der Waals surface area contributed by atoms with E-state index >= 15 is 0 Å². The molecule has 0 aliphatic heterocycles. The van der Waals surface area contributed by atoms with Crippen molar-refractivity contribution in [1.82, 2.24) is 19.9 Å². The minimum absolute atomic E-state index is 0.0210. The second-order valence-electron chi connectivity index (χ2n) is 3.61. The van der Waals surface area contributed by atoms with Crippen molar-refractivity contribution in [3.8, 4) is 6.01 Å². The number of nitrogens with zero attached hydrogens (tertiary/aromatic N) is 4. The van der Waals surface area contributed by atoms with Gasteiger partial charge < -0.3 is 15.0 Å². The minimum Gasteiger partial charge on any atom is -0.464 e. The van der Waals surface area contributed by atoms with E-state index in [0.717, 1.165) is 0 Å². The number of ether oxygens (including phenoxy) is 1. The molecule has 18 heavy (non-hydrogen) atoms. The van der Waals surface area contributed by atoms with E-state index in [2.05, 4.69) is 20.3 Å². The molecule has 1 aromatic heterocycles. The van der Waals surface area contributed by atoms with Gasteiger partial charge in [-0.2, -0.15) is 15.0 Å². The Bertz CT molecular complexity index is 413. The van der Waals surface area contributed by atoms with Crippen LogP contribution in [-0.2, 0) is 4.79 Å². The fourth-order valence-corrected chi connectivity index (χ4v) is 1.26. The van der Waals surface area contributed by atoms with Crippen LogP contribution >= 0.6 is 11.6 Å². The number of amides is 1. The van der Waals surface area contributed by atoms with Crippen LogP contribution < -0.4 is 10.1 Å². The van der Waals surface area contributed by atoms with E-state index in [1.54, 1.807) is 14.1 Å². The normalized spacial score (nSPS) is 10.0. The molecule has 1 amide bonds. The summed E-state index contributed by atoms with van der Waals surface area (Å²) in [7, 11) is 3.41. The standard InChI is InChI=1S/C10H16ClN5O2/c1-4-18-10-14-8(11)13-9(15-10)12-6-5-7(17)16(2)3/h4-6H2,1-3H3,(H,12,13,14,15). The van der Waals surface area contributed by atoms with Gasteiger partial charge in [0.15, 0.2) is 0 Å². The van der Waals surface area contributed by atoms with E-state index in [0.29, 0.717) is 25.5 Å². The highest BCUT2D eigenvalue weighted by Crippen LogP contribution is 2.11. The highest BCUT2D eigenvalue weighted by molar-refractivity contribution is 6.28. The van der Waals surface area contributed by atoms with Crippen LogP contribution in [0.25, 0.3) is 0 Å². The summed E-state index contributed by atoms with van der Waals surface area (Å²) >= 11 is 5.72. The van der Waals surface area contributed by atoms with Crippen molar-refractivity contribution < 1.29 is 9.53 Å². The molecular formula is C10H16ClN5O2. The van der Waals surface area contributed by atoms with E-state index in [1.807, 2.05) is 6.92 Å². The number of hydrogen-bond acceptors (Lipinski definition) is 6. The van der Waals surface area contributed by atoms with Gasteiger partial charge in [-0.3, -0.25) is 4.79 Å². The van der Waals surface area contributed by atoms with E-state index in [-0.39, 0.29) is 17.2 Å². The number of nitrogens with one attached hydrogen (secondary N) is 1. The zero-order chi connectivity index (χ0) is 13.5. The van der Waals surface area contributed by atoms with Crippen LogP contribution in [0, 0.1) is 0 Å². The van der Waals surface area contributed by atoms with Crippen LogP contribution in [0.4, 0.5) is 5.95 Å². The van der Waals surface area contributed by atoms with Gasteiger partial charge in [-0.05, 0) is 18.5 Å². The summed E-state index contributed by atoms with van der Waals surface area (Å²) in [4.78, 5) is 24.6. The Kier molecular flexibility index (Phi) is 5.57. The molecule has 0 saturated heterocycles. The number of rotatable bonds is 6. The molecular weight excluding hydrogens is 258 g/mol. The van der Waals surface area contributed by atoms with Crippen molar-refractivity contribution in [2.45, 2.75) is 13.3 Å². The third kappa shape index (κ3) is 4.70. The summed E-state index contributed by atoms with van der Waals surface area (Å²) in [6, 6.07) is 0.166. The first kappa shape index (κ1) is 14.4. The van der Waals surface area contributed by atoms with Gasteiger partial charge in [0.2, 0.25) is 17.1 Å². The smallest absolute Gasteiger partial charge is 0.322 e. The maximum absolute atomic E-state index is 11.4. The summed E-state index contributed by atoms with van der Waals surface area (Å²) in [6.45, 7) is 2.68. The van der Waals surface area contributed by atoms with Crippen molar-refractivity contribution in [2.24, 2.45) is 0 Å². The highest BCUT2D eigenvalue weighted by atomic mass is 35.5. The maximum Gasteiger partial charge on any atom is 0.322 e. The van der Waals surface area contributed by atoms with Gasteiger partial charge in [-0.25, -0.2) is 0 Å². The Morgan fingerprint density at radius 3 is 2.72 bits per heavy atom. The highest BCUT2D eigenvalue weighted by Gasteiger charge is 2.07. The molecule has 0 spiro atoms. The lowest BCUT2D eigenvalue weighted by Crippen LogP contribution is -2.24. The molecule has 7 nitrogen and oxygen atoms in total. The zero-order valence-corrected chi connectivity index (χ0v) is 11.4. The number of anilines is 1. The molecule has 0 aliphatic carbocycles. The van der Waals surface area contributed by atoms with Gasteiger partial charge in [-0.15, -0.1) is 0 Å². The van der Waals surface area contributed by atoms with Gasteiger partial charge >= 0.3 is 6.01 Å². The van der Waals surface area contributed by atoms with Crippen LogP contribution in [0.2, 0.25) is 5.28 Å². The average molecular weight is 274 g/mol. The van der Waals surface area contributed by atoms with Gasteiger partial charge in [0, 0.05) is 27.1 Å². The van der Waals surface area contributed by atoms with Gasteiger partial charge in [-0.1, -0.05) is 0 Å². The lowest BCUT2D eigenvalue weighted by molar-refractivity contribution is -0.128. The molecule has 8 heteroatoms. The molecule has 0 atom stereocenters. The Labute approximate surface area is 111 Å². The molecule has 0 aliphatic rings. The topological polar surface area (TPSA) is 80.2 Å². The lowest BCUT2D eigenvalue weighted by atomic mass is 10.4. The quantitative estimate of drug-likeness (QED) is 0.826. The molecule has 100 valence electrons. The largest absolute Gasteiger partial charge is 0.464 e. The molecule has 0 radical (unpaired) electrons. The first-order valence-corrected chi connectivity index (χ1v) is 5.89. The third-order valence-corrected chi connectivity index (χ3v) is 2.15. The molecule has 1 aromatic rings. The summed E-state index contributed by atoms with van der Waals surface area (Å²) in [5, 5.41) is 2.95. The van der Waals surface area contributed by atoms with E-state index in [4.69, 9.17) is 16.3 Å². The van der Waals surface area contributed by atoms with E-state index in [1.165, 1.54) is 4.90 Å². The van der Waals surface area contributed by atoms with Gasteiger partial charge in [0.05, 0.1) is 6.61 Å². The number of carbonyl (C=O) groups excluding carboxylic acids is 1. The molecule has 1 N–H and O–H groups in total. The fourth-order valence-electron chi connectivity index (χ4n) is 1.11. The van der Waals surface area contributed by atoms with E-state index in [9.17, 15) is 4.79 Å². The summed E-state index contributed by atoms with van der Waals surface area (Å²) < 4.78 is 5.13. The first-order chi connectivity index (χ1) is 8.52. The van der Waals surface area contributed by atoms with Crippen LogP contribution in [0.3, 0.4) is 0 Å². The Morgan fingerprint density at radius 2 is 2.11 bits per heavy atom. The van der Waals surface area contributed by atoms with Crippen molar-refractivity contribution in [1.29, 1.82) is 0 Å². The van der Waals surface area contributed by atoms with Crippen molar-refractivity contribution in [3.63, 3.8) is 0 Å². The third-order valence-electron chi connectivity index (χ3n) is 1.98. The molecule has 0 unspecified atom stereocenters. The number of hydrogen-bond donors (Lipinski definition) is 1.